The van der Waals surface area contributed by atoms with Crippen molar-refractivity contribution in [1.29, 1.82) is 0 Å². The van der Waals surface area contributed by atoms with Gasteiger partial charge in [0.05, 0.1) is 11.5 Å². The van der Waals surface area contributed by atoms with E-state index in [1.807, 2.05) is 32.9 Å². The molecular formula is C22H26N4O3. The second-order valence-corrected chi connectivity index (χ2v) is 8.19. The number of amides is 3. The van der Waals surface area contributed by atoms with Gasteiger partial charge >= 0.3 is 0 Å². The average molecular weight is 394 g/mol. The maximum atomic E-state index is 12.5. The van der Waals surface area contributed by atoms with Crippen LogP contribution in [0.25, 0.3) is 0 Å². The molecule has 29 heavy (non-hydrogen) atoms. The fraction of sp³-hybridized carbons (Fsp3) is 0.364. The lowest BCUT2D eigenvalue weighted by atomic mass is 10.1. The summed E-state index contributed by atoms with van der Waals surface area (Å²) >= 11 is 0. The summed E-state index contributed by atoms with van der Waals surface area (Å²) in [4.78, 5) is 42.4. The van der Waals surface area contributed by atoms with Crippen molar-refractivity contribution >= 4 is 23.4 Å². The lowest BCUT2D eigenvalue weighted by molar-refractivity contribution is -0.132. The Labute approximate surface area is 170 Å². The van der Waals surface area contributed by atoms with Crippen molar-refractivity contribution < 1.29 is 14.4 Å². The van der Waals surface area contributed by atoms with E-state index in [2.05, 4.69) is 15.6 Å². The average Bonchev–Trinajstić information content (AvgIpc) is 3.10. The largest absolute Gasteiger partial charge is 0.352 e. The van der Waals surface area contributed by atoms with E-state index in [0.717, 1.165) is 5.56 Å². The van der Waals surface area contributed by atoms with Gasteiger partial charge in [-0.2, -0.15) is 0 Å². The summed E-state index contributed by atoms with van der Waals surface area (Å²) in [5.74, 6) is -0.640. The zero-order valence-electron chi connectivity index (χ0n) is 16.9. The molecule has 7 heteroatoms. The summed E-state index contributed by atoms with van der Waals surface area (Å²) < 4.78 is 0. The number of carbonyl (C=O) groups excluding carboxylic acids is 3. The van der Waals surface area contributed by atoms with Crippen molar-refractivity contribution in [2.75, 3.05) is 11.9 Å². The predicted octanol–water partition coefficient (Wildman–Crippen LogP) is 2.60. The number of nitrogens with one attached hydrogen (secondary N) is 2. The molecule has 152 valence electrons. The zero-order chi connectivity index (χ0) is 21.0. The number of aromatic nitrogens is 1. The maximum Gasteiger partial charge on any atom is 0.257 e. The van der Waals surface area contributed by atoms with Crippen molar-refractivity contribution in [3.8, 4) is 0 Å². The highest BCUT2D eigenvalue weighted by atomic mass is 16.2. The van der Waals surface area contributed by atoms with Gasteiger partial charge in [-0.25, -0.2) is 0 Å². The maximum absolute atomic E-state index is 12.5. The highest BCUT2D eigenvalue weighted by Crippen LogP contribution is 2.25. The lowest BCUT2D eigenvalue weighted by Crippen LogP contribution is -2.43. The number of benzene rings is 1. The van der Waals surface area contributed by atoms with Crippen LogP contribution in [0.4, 0.5) is 5.69 Å². The van der Waals surface area contributed by atoms with Crippen LogP contribution in [-0.2, 0) is 16.1 Å². The van der Waals surface area contributed by atoms with Gasteiger partial charge in [-0.3, -0.25) is 19.4 Å². The van der Waals surface area contributed by atoms with Gasteiger partial charge in [-0.15, -0.1) is 0 Å². The number of rotatable bonds is 5. The standard InChI is InChI=1S/C22H26N4O3/c1-22(2,3)26-14-17(11-19(26)27)20(28)24-12-15-6-8-18(9-7-15)25-21(29)16-5-4-10-23-13-16/h4-10,13,17H,11-12,14H2,1-3H3,(H,24,28)(H,25,29). The Bertz CT molecular complexity index is 889. The van der Waals surface area contributed by atoms with E-state index in [9.17, 15) is 14.4 Å². The number of hydrogen-bond acceptors (Lipinski definition) is 4. The molecule has 1 aromatic carbocycles. The number of pyridine rings is 1. The molecule has 0 saturated carbocycles. The Morgan fingerprint density at radius 1 is 1.17 bits per heavy atom. The van der Waals surface area contributed by atoms with Crippen molar-refractivity contribution in [3.63, 3.8) is 0 Å². The quantitative estimate of drug-likeness (QED) is 0.815. The fourth-order valence-corrected chi connectivity index (χ4v) is 3.27. The van der Waals surface area contributed by atoms with Crippen LogP contribution in [0.5, 0.6) is 0 Å². The molecular weight excluding hydrogens is 368 g/mol. The molecule has 3 amide bonds. The third-order valence-electron chi connectivity index (χ3n) is 4.91. The summed E-state index contributed by atoms with van der Waals surface area (Å²) in [6.45, 7) is 6.74. The van der Waals surface area contributed by atoms with Crippen molar-refractivity contribution in [1.82, 2.24) is 15.2 Å². The molecule has 2 heterocycles. The molecule has 1 aliphatic rings. The Morgan fingerprint density at radius 3 is 2.48 bits per heavy atom. The Hall–Kier alpha value is -3.22. The first kappa shape index (κ1) is 20.5. The summed E-state index contributed by atoms with van der Waals surface area (Å²) in [5, 5.41) is 5.72. The molecule has 2 N–H and O–H groups in total. The van der Waals surface area contributed by atoms with Gasteiger partial charge in [0.15, 0.2) is 0 Å². The van der Waals surface area contributed by atoms with Crippen LogP contribution in [0.2, 0.25) is 0 Å². The third kappa shape index (κ3) is 5.19. The Morgan fingerprint density at radius 2 is 1.90 bits per heavy atom. The van der Waals surface area contributed by atoms with E-state index in [-0.39, 0.29) is 35.6 Å². The summed E-state index contributed by atoms with van der Waals surface area (Å²) in [7, 11) is 0. The molecule has 1 atom stereocenters. The summed E-state index contributed by atoms with van der Waals surface area (Å²) in [6, 6.07) is 10.7. The zero-order valence-corrected chi connectivity index (χ0v) is 16.9. The molecule has 0 bridgehead atoms. The number of likely N-dealkylation sites (tertiary alicyclic amines) is 1. The SMILES string of the molecule is CC(C)(C)N1CC(C(=O)NCc2ccc(NC(=O)c3cccnc3)cc2)CC1=O. The lowest BCUT2D eigenvalue weighted by Gasteiger charge is -2.31. The Kier molecular flexibility index (Phi) is 5.96. The molecule has 0 radical (unpaired) electrons. The Balaban J connectivity index is 1.51. The van der Waals surface area contributed by atoms with Gasteiger partial charge in [0.1, 0.15) is 0 Å². The fourth-order valence-electron chi connectivity index (χ4n) is 3.27. The van der Waals surface area contributed by atoms with E-state index in [0.29, 0.717) is 24.3 Å². The number of nitrogens with zero attached hydrogens (tertiary/aromatic N) is 2. The van der Waals surface area contributed by atoms with Crippen LogP contribution in [0, 0.1) is 5.92 Å². The minimum Gasteiger partial charge on any atom is -0.352 e. The van der Waals surface area contributed by atoms with E-state index < -0.39 is 0 Å². The first-order valence-electron chi connectivity index (χ1n) is 9.62. The molecule has 0 spiro atoms. The number of hydrogen-bond donors (Lipinski definition) is 2. The molecule has 7 nitrogen and oxygen atoms in total. The molecule has 1 unspecified atom stereocenters. The normalized spacial score (nSPS) is 16.6. The predicted molar refractivity (Wildman–Crippen MR) is 110 cm³/mol. The summed E-state index contributed by atoms with van der Waals surface area (Å²) in [6.07, 6.45) is 3.37. The van der Waals surface area contributed by atoms with Crippen LogP contribution in [0.3, 0.4) is 0 Å². The monoisotopic (exact) mass is 394 g/mol. The topological polar surface area (TPSA) is 91.4 Å². The van der Waals surface area contributed by atoms with Gasteiger partial charge in [-0.05, 0) is 50.6 Å². The molecule has 1 aliphatic heterocycles. The highest BCUT2D eigenvalue weighted by molar-refractivity contribution is 6.04. The summed E-state index contributed by atoms with van der Waals surface area (Å²) in [5.41, 5.74) is 1.78. The minimum atomic E-state index is -0.320. The van der Waals surface area contributed by atoms with E-state index in [1.165, 1.54) is 6.20 Å². The van der Waals surface area contributed by atoms with Gasteiger partial charge in [-0.1, -0.05) is 12.1 Å². The molecule has 1 saturated heterocycles. The van der Waals surface area contributed by atoms with Crippen LogP contribution in [0.1, 0.15) is 43.1 Å². The van der Waals surface area contributed by atoms with Crippen LogP contribution in [0.15, 0.2) is 48.8 Å². The first-order chi connectivity index (χ1) is 13.7. The van der Waals surface area contributed by atoms with Gasteiger partial charge in [0.25, 0.3) is 5.91 Å². The molecule has 1 aromatic heterocycles. The van der Waals surface area contributed by atoms with Crippen molar-refractivity contribution in [2.45, 2.75) is 39.3 Å². The van der Waals surface area contributed by atoms with Crippen LogP contribution < -0.4 is 10.6 Å². The molecule has 3 rings (SSSR count). The van der Waals surface area contributed by atoms with E-state index in [4.69, 9.17) is 0 Å². The highest BCUT2D eigenvalue weighted by Gasteiger charge is 2.39. The van der Waals surface area contributed by atoms with E-state index >= 15 is 0 Å². The van der Waals surface area contributed by atoms with Gasteiger partial charge in [0, 0.05) is 43.1 Å². The first-order valence-corrected chi connectivity index (χ1v) is 9.62. The third-order valence-corrected chi connectivity index (χ3v) is 4.91. The van der Waals surface area contributed by atoms with Crippen LogP contribution in [-0.4, -0.2) is 39.7 Å². The molecule has 1 fully saturated rings. The number of carbonyl (C=O) groups is 3. The van der Waals surface area contributed by atoms with Gasteiger partial charge < -0.3 is 15.5 Å². The second-order valence-electron chi connectivity index (χ2n) is 8.19. The van der Waals surface area contributed by atoms with Gasteiger partial charge in [0.2, 0.25) is 11.8 Å². The smallest absolute Gasteiger partial charge is 0.257 e. The molecule has 2 aromatic rings. The van der Waals surface area contributed by atoms with Crippen molar-refractivity contribution in [3.05, 3.63) is 59.9 Å². The van der Waals surface area contributed by atoms with Crippen LogP contribution >= 0.6 is 0 Å². The second kappa shape index (κ2) is 8.43. The molecule has 0 aliphatic carbocycles. The van der Waals surface area contributed by atoms with E-state index in [1.54, 1.807) is 35.4 Å². The number of anilines is 1. The minimum absolute atomic E-state index is 0.0198. The van der Waals surface area contributed by atoms with Crippen molar-refractivity contribution in [2.24, 2.45) is 5.92 Å².